The highest BCUT2D eigenvalue weighted by atomic mass is 19.4. The smallest absolute Gasteiger partial charge is 0.389 e. The number of aliphatic hydroxyl groups excluding tert-OH is 1. The van der Waals surface area contributed by atoms with Crippen molar-refractivity contribution in [3.8, 4) is 5.69 Å². The van der Waals surface area contributed by atoms with Gasteiger partial charge in [-0.3, -0.25) is 10.1 Å². The highest BCUT2D eigenvalue weighted by Crippen LogP contribution is 2.31. The first-order chi connectivity index (χ1) is 9.70. The third-order valence-electron chi connectivity index (χ3n) is 2.84. The molecule has 0 bridgehead atoms. The predicted octanol–water partition coefficient (Wildman–Crippen LogP) is 2.85. The summed E-state index contributed by atoms with van der Waals surface area (Å²) in [5.74, 6) is 0. The van der Waals surface area contributed by atoms with Crippen LogP contribution < -0.4 is 0 Å². The quantitative estimate of drug-likeness (QED) is 0.698. The summed E-state index contributed by atoms with van der Waals surface area (Å²) in [6.45, 7) is 1.43. The number of nitrogens with zero attached hydrogens (tertiary/aromatic N) is 3. The highest BCUT2D eigenvalue weighted by molar-refractivity contribution is 5.54. The fraction of sp³-hybridized carbons (Fsp3) is 0.250. The monoisotopic (exact) mass is 301 g/mol. The van der Waals surface area contributed by atoms with E-state index in [2.05, 4.69) is 5.10 Å². The molecule has 0 amide bonds. The SMILES string of the molecule is C[C@H](O)c1ccc(-n2cc(C(F)(F)F)cn2)c([N+](=O)[O-])c1. The normalized spacial score (nSPS) is 13.2. The summed E-state index contributed by atoms with van der Waals surface area (Å²) in [5.41, 5.74) is -1.27. The van der Waals surface area contributed by atoms with Crippen molar-refractivity contribution in [1.82, 2.24) is 9.78 Å². The van der Waals surface area contributed by atoms with E-state index < -0.39 is 28.5 Å². The van der Waals surface area contributed by atoms with Crippen molar-refractivity contribution in [2.24, 2.45) is 0 Å². The maximum absolute atomic E-state index is 12.5. The number of aliphatic hydroxyl groups is 1. The van der Waals surface area contributed by atoms with Crippen LogP contribution in [0.4, 0.5) is 18.9 Å². The Kier molecular flexibility index (Phi) is 3.69. The van der Waals surface area contributed by atoms with Crippen LogP contribution in [0.15, 0.2) is 30.6 Å². The van der Waals surface area contributed by atoms with Crippen LogP contribution in [0.3, 0.4) is 0 Å². The number of benzene rings is 1. The van der Waals surface area contributed by atoms with Crippen LogP contribution in [0, 0.1) is 10.1 Å². The first-order valence-electron chi connectivity index (χ1n) is 5.79. The van der Waals surface area contributed by atoms with E-state index in [1.807, 2.05) is 0 Å². The molecule has 1 N–H and O–H groups in total. The molecule has 1 atom stereocenters. The van der Waals surface area contributed by atoms with Crippen LogP contribution in [0.25, 0.3) is 5.69 Å². The summed E-state index contributed by atoms with van der Waals surface area (Å²) in [5, 5.41) is 23.9. The molecule has 9 heteroatoms. The van der Waals surface area contributed by atoms with E-state index in [9.17, 15) is 28.4 Å². The van der Waals surface area contributed by atoms with Crippen LogP contribution in [0.2, 0.25) is 0 Å². The predicted molar refractivity (Wildman–Crippen MR) is 65.9 cm³/mol. The van der Waals surface area contributed by atoms with Gasteiger partial charge in [-0.1, -0.05) is 6.07 Å². The second-order valence-corrected chi connectivity index (χ2v) is 4.35. The van der Waals surface area contributed by atoms with E-state index >= 15 is 0 Å². The lowest BCUT2D eigenvalue weighted by Crippen LogP contribution is -2.04. The lowest BCUT2D eigenvalue weighted by Gasteiger charge is -2.08. The minimum absolute atomic E-state index is 0.111. The minimum atomic E-state index is -4.58. The summed E-state index contributed by atoms with van der Waals surface area (Å²) in [4.78, 5) is 10.3. The van der Waals surface area contributed by atoms with E-state index in [1.54, 1.807) is 0 Å². The van der Waals surface area contributed by atoms with Gasteiger partial charge in [0.25, 0.3) is 5.69 Å². The first-order valence-corrected chi connectivity index (χ1v) is 5.79. The molecule has 2 rings (SSSR count). The number of nitro benzene ring substituents is 1. The van der Waals surface area contributed by atoms with Gasteiger partial charge in [0.15, 0.2) is 0 Å². The second-order valence-electron chi connectivity index (χ2n) is 4.35. The van der Waals surface area contributed by atoms with E-state index in [1.165, 1.54) is 19.1 Å². The molecule has 0 unspecified atom stereocenters. The molecule has 0 saturated heterocycles. The van der Waals surface area contributed by atoms with Crippen LogP contribution in [-0.4, -0.2) is 19.8 Å². The molecule has 21 heavy (non-hydrogen) atoms. The lowest BCUT2D eigenvalue weighted by atomic mass is 10.1. The number of nitro groups is 1. The van der Waals surface area contributed by atoms with Gasteiger partial charge >= 0.3 is 6.18 Å². The summed E-state index contributed by atoms with van der Waals surface area (Å²) in [6, 6.07) is 3.74. The van der Waals surface area contributed by atoms with Gasteiger partial charge in [-0.05, 0) is 18.6 Å². The third-order valence-corrected chi connectivity index (χ3v) is 2.84. The average molecular weight is 301 g/mol. The fourth-order valence-electron chi connectivity index (χ4n) is 1.74. The van der Waals surface area contributed by atoms with E-state index in [0.29, 0.717) is 12.4 Å². The zero-order valence-electron chi connectivity index (χ0n) is 10.7. The second kappa shape index (κ2) is 5.17. The fourth-order valence-corrected chi connectivity index (χ4v) is 1.74. The number of halogens is 3. The summed E-state index contributed by atoms with van der Waals surface area (Å²) in [7, 11) is 0. The van der Waals surface area contributed by atoms with Crippen LogP contribution in [0.1, 0.15) is 24.2 Å². The van der Waals surface area contributed by atoms with Crippen molar-refractivity contribution >= 4 is 5.69 Å². The molecule has 0 saturated carbocycles. The van der Waals surface area contributed by atoms with Crippen molar-refractivity contribution in [1.29, 1.82) is 0 Å². The molecule has 0 aliphatic rings. The Bertz CT molecular complexity index is 680. The van der Waals surface area contributed by atoms with Gasteiger partial charge in [0.2, 0.25) is 0 Å². The molecule has 6 nitrogen and oxygen atoms in total. The molecule has 112 valence electrons. The summed E-state index contributed by atoms with van der Waals surface area (Å²) >= 11 is 0. The van der Waals surface area contributed by atoms with Crippen LogP contribution >= 0.6 is 0 Å². The van der Waals surface area contributed by atoms with E-state index in [4.69, 9.17) is 0 Å². The average Bonchev–Trinajstić information content (AvgIpc) is 2.87. The van der Waals surface area contributed by atoms with Crippen molar-refractivity contribution in [3.63, 3.8) is 0 Å². The van der Waals surface area contributed by atoms with Crippen molar-refractivity contribution in [2.75, 3.05) is 0 Å². The van der Waals surface area contributed by atoms with Gasteiger partial charge in [-0.15, -0.1) is 0 Å². The number of alkyl halides is 3. The Labute approximate surface area is 116 Å². The van der Waals surface area contributed by atoms with Gasteiger partial charge < -0.3 is 5.11 Å². The van der Waals surface area contributed by atoms with Crippen molar-refractivity contribution < 1.29 is 23.2 Å². The zero-order chi connectivity index (χ0) is 15.8. The number of rotatable bonds is 3. The van der Waals surface area contributed by atoms with Gasteiger partial charge in [-0.25, -0.2) is 4.68 Å². The molecule has 1 heterocycles. The summed E-state index contributed by atoms with van der Waals surface area (Å²) in [6.07, 6.45) is -4.25. The van der Waals surface area contributed by atoms with Gasteiger partial charge in [-0.2, -0.15) is 18.3 Å². The van der Waals surface area contributed by atoms with Crippen LogP contribution in [0.5, 0.6) is 0 Å². The molecule has 1 aromatic heterocycles. The molecule has 0 aliphatic heterocycles. The largest absolute Gasteiger partial charge is 0.419 e. The number of aromatic nitrogens is 2. The topological polar surface area (TPSA) is 81.2 Å². The molecular weight excluding hydrogens is 291 g/mol. The van der Waals surface area contributed by atoms with Crippen LogP contribution in [-0.2, 0) is 6.18 Å². The molecule has 0 aliphatic carbocycles. The number of hydrogen-bond donors (Lipinski definition) is 1. The molecule has 0 radical (unpaired) electrons. The Morgan fingerprint density at radius 2 is 2.10 bits per heavy atom. The van der Waals surface area contributed by atoms with Gasteiger partial charge in [0.05, 0.1) is 22.8 Å². The van der Waals surface area contributed by atoms with Gasteiger partial charge in [0.1, 0.15) is 5.69 Å². The Balaban J connectivity index is 2.53. The minimum Gasteiger partial charge on any atom is -0.389 e. The maximum atomic E-state index is 12.5. The molecule has 2 aromatic rings. The van der Waals surface area contributed by atoms with Gasteiger partial charge in [0, 0.05) is 12.3 Å². The number of hydrogen-bond acceptors (Lipinski definition) is 4. The molecule has 0 spiro atoms. The van der Waals surface area contributed by atoms with E-state index in [0.717, 1.165) is 10.7 Å². The lowest BCUT2D eigenvalue weighted by molar-refractivity contribution is -0.384. The molecule has 1 aromatic carbocycles. The summed E-state index contributed by atoms with van der Waals surface area (Å²) < 4.78 is 38.4. The molecular formula is C12H10F3N3O3. The highest BCUT2D eigenvalue weighted by Gasteiger charge is 2.33. The Hall–Kier alpha value is -2.42. The van der Waals surface area contributed by atoms with Crippen molar-refractivity contribution in [2.45, 2.75) is 19.2 Å². The Morgan fingerprint density at radius 1 is 1.43 bits per heavy atom. The van der Waals surface area contributed by atoms with E-state index in [-0.39, 0.29) is 11.3 Å². The zero-order valence-corrected chi connectivity index (χ0v) is 10.7. The van der Waals surface area contributed by atoms with Crippen molar-refractivity contribution in [3.05, 3.63) is 51.8 Å². The third kappa shape index (κ3) is 3.02. The molecule has 0 fully saturated rings. The maximum Gasteiger partial charge on any atom is 0.419 e. The Morgan fingerprint density at radius 3 is 2.57 bits per heavy atom. The first kappa shape index (κ1) is 15.0. The standard InChI is InChI=1S/C12H10F3N3O3/c1-7(19)8-2-3-10(11(4-8)18(20)21)17-6-9(5-16-17)12(13,14)15/h2-7,19H,1H3/t7-/m0/s1.